The molecule has 2 rings (SSSR count). The molecule has 2 heterocycles. The monoisotopic (exact) mass is 288 g/mol. The minimum Gasteiger partial charge on any atom is -0.351 e. The smallest absolute Gasteiger partial charge is 0.292 e. The van der Waals surface area contributed by atoms with E-state index in [1.165, 1.54) is 12.3 Å². The van der Waals surface area contributed by atoms with Crippen molar-refractivity contribution in [2.24, 2.45) is 11.1 Å². The summed E-state index contributed by atoms with van der Waals surface area (Å²) in [7, 11) is -3.69. The Morgan fingerprint density at radius 2 is 2.42 bits per heavy atom. The van der Waals surface area contributed by atoms with E-state index in [-0.39, 0.29) is 24.1 Å². The summed E-state index contributed by atoms with van der Waals surface area (Å²) in [4.78, 5) is 13.7. The Balaban J connectivity index is 1.92. The number of rotatable bonds is 4. The number of nitrogens with one attached hydrogen (secondary N) is 1. The van der Waals surface area contributed by atoms with Gasteiger partial charge in [0.1, 0.15) is 0 Å². The molecule has 0 bridgehead atoms. The lowest BCUT2D eigenvalue weighted by atomic mass is 9.98. The lowest BCUT2D eigenvalue weighted by Gasteiger charge is -2.32. The first-order valence-corrected chi connectivity index (χ1v) is 7.47. The Morgan fingerprint density at radius 3 is 3.05 bits per heavy atom. The number of likely N-dealkylation sites (tertiary alicyclic amines) is 1. The molecule has 0 radical (unpaired) electrons. The Labute approximate surface area is 111 Å². The molecular formula is C10H16N4O4S. The minimum absolute atomic E-state index is 0.0546. The van der Waals surface area contributed by atoms with Crippen LogP contribution >= 0.6 is 0 Å². The molecule has 19 heavy (non-hydrogen) atoms. The van der Waals surface area contributed by atoms with E-state index in [9.17, 15) is 13.2 Å². The predicted molar refractivity (Wildman–Crippen MR) is 66.2 cm³/mol. The molecular weight excluding hydrogens is 272 g/mol. The topological polar surface area (TPSA) is 119 Å². The molecule has 1 fully saturated rings. The number of piperidine rings is 1. The second-order valence-corrected chi connectivity index (χ2v) is 5.91. The summed E-state index contributed by atoms with van der Waals surface area (Å²) in [5.74, 6) is 0.0248. The van der Waals surface area contributed by atoms with Gasteiger partial charge in [0.15, 0.2) is 0 Å². The van der Waals surface area contributed by atoms with E-state index in [2.05, 4.69) is 9.88 Å². The lowest BCUT2D eigenvalue weighted by molar-refractivity contribution is 0.0634. The van der Waals surface area contributed by atoms with Gasteiger partial charge in [-0.3, -0.25) is 4.79 Å². The van der Waals surface area contributed by atoms with E-state index in [0.29, 0.717) is 13.1 Å². The summed E-state index contributed by atoms with van der Waals surface area (Å²) in [5, 5.41) is 8.38. The molecule has 1 aromatic rings. The average molecular weight is 288 g/mol. The van der Waals surface area contributed by atoms with Crippen molar-refractivity contribution < 1.29 is 17.7 Å². The molecule has 0 aliphatic carbocycles. The lowest BCUT2D eigenvalue weighted by Crippen LogP contribution is -2.44. The fourth-order valence-electron chi connectivity index (χ4n) is 2.13. The van der Waals surface area contributed by atoms with E-state index in [0.717, 1.165) is 12.8 Å². The average Bonchev–Trinajstić information content (AvgIpc) is 2.89. The van der Waals surface area contributed by atoms with E-state index in [1.54, 1.807) is 4.90 Å². The number of carbonyl (C=O) groups excluding carboxylic acids is 1. The zero-order valence-corrected chi connectivity index (χ0v) is 11.1. The highest BCUT2D eigenvalue weighted by Crippen LogP contribution is 2.18. The number of nitrogens with zero attached hydrogens (tertiary/aromatic N) is 2. The highest BCUT2D eigenvalue weighted by molar-refractivity contribution is 7.87. The normalized spacial score (nSPS) is 20.5. The van der Waals surface area contributed by atoms with E-state index < -0.39 is 10.2 Å². The Hall–Kier alpha value is -1.45. The first-order valence-electron chi connectivity index (χ1n) is 5.93. The van der Waals surface area contributed by atoms with E-state index in [1.807, 2.05) is 0 Å². The van der Waals surface area contributed by atoms with Crippen LogP contribution in [0.15, 0.2) is 16.8 Å². The molecule has 0 saturated carbocycles. The molecule has 1 atom stereocenters. The van der Waals surface area contributed by atoms with Gasteiger partial charge in [0, 0.05) is 25.7 Å². The maximum absolute atomic E-state index is 12.0. The maximum atomic E-state index is 12.0. The van der Waals surface area contributed by atoms with Gasteiger partial charge in [-0.2, -0.15) is 8.42 Å². The molecule has 1 aliphatic rings. The van der Waals surface area contributed by atoms with Crippen molar-refractivity contribution in [3.63, 3.8) is 0 Å². The fraction of sp³-hybridized carbons (Fsp3) is 0.600. The standard InChI is InChI=1S/C10H16N4O4S/c11-19(16,17)13-6-8-2-1-5-14(7-8)10(15)9-3-4-12-18-9/h3-4,8,13H,1-2,5-7H2,(H2,11,16,17). The van der Waals surface area contributed by atoms with Crippen LogP contribution in [-0.2, 0) is 10.2 Å². The zero-order chi connectivity index (χ0) is 13.9. The molecule has 1 aromatic heterocycles. The Morgan fingerprint density at radius 1 is 1.63 bits per heavy atom. The van der Waals surface area contributed by atoms with Gasteiger partial charge in [-0.15, -0.1) is 0 Å². The third-order valence-corrected chi connectivity index (χ3v) is 3.60. The number of hydrogen-bond acceptors (Lipinski definition) is 5. The molecule has 8 nitrogen and oxygen atoms in total. The SMILES string of the molecule is NS(=O)(=O)NCC1CCCN(C(=O)c2ccno2)C1. The second kappa shape index (κ2) is 5.68. The Bertz CT molecular complexity index is 528. The van der Waals surface area contributed by atoms with Gasteiger partial charge in [-0.05, 0) is 18.8 Å². The highest BCUT2D eigenvalue weighted by atomic mass is 32.2. The molecule has 3 N–H and O–H groups in total. The van der Waals surface area contributed by atoms with Crippen LogP contribution in [0.4, 0.5) is 0 Å². The van der Waals surface area contributed by atoms with E-state index in [4.69, 9.17) is 9.66 Å². The summed E-state index contributed by atoms with van der Waals surface area (Å²) in [6, 6.07) is 1.51. The van der Waals surface area contributed by atoms with Crippen LogP contribution in [0.2, 0.25) is 0 Å². The maximum Gasteiger partial charge on any atom is 0.292 e. The van der Waals surface area contributed by atoms with Gasteiger partial charge in [0.25, 0.3) is 16.1 Å². The predicted octanol–water partition coefficient (Wildman–Crippen LogP) is -0.680. The molecule has 1 amide bonds. The number of amides is 1. The summed E-state index contributed by atoms with van der Waals surface area (Å²) in [6.45, 7) is 1.34. The number of carbonyl (C=O) groups is 1. The second-order valence-electron chi connectivity index (χ2n) is 4.53. The Kier molecular flexibility index (Phi) is 4.17. The van der Waals surface area contributed by atoms with Crippen molar-refractivity contribution in [2.45, 2.75) is 12.8 Å². The van der Waals surface area contributed by atoms with Crippen molar-refractivity contribution >= 4 is 16.1 Å². The zero-order valence-electron chi connectivity index (χ0n) is 10.3. The quantitative estimate of drug-likeness (QED) is 0.761. The summed E-state index contributed by atoms with van der Waals surface area (Å²) < 4.78 is 28.8. The fourth-order valence-corrected chi connectivity index (χ4v) is 2.60. The van der Waals surface area contributed by atoms with Crippen molar-refractivity contribution in [2.75, 3.05) is 19.6 Å². The molecule has 0 aromatic carbocycles. The number of nitrogens with two attached hydrogens (primary N) is 1. The van der Waals surface area contributed by atoms with Gasteiger partial charge in [0.05, 0.1) is 6.20 Å². The summed E-state index contributed by atoms with van der Waals surface area (Å²) >= 11 is 0. The van der Waals surface area contributed by atoms with Gasteiger partial charge < -0.3 is 9.42 Å². The first-order chi connectivity index (χ1) is 8.96. The van der Waals surface area contributed by atoms with Gasteiger partial charge in [-0.25, -0.2) is 9.86 Å². The van der Waals surface area contributed by atoms with Crippen LogP contribution < -0.4 is 9.86 Å². The van der Waals surface area contributed by atoms with E-state index >= 15 is 0 Å². The summed E-state index contributed by atoms with van der Waals surface area (Å²) in [5.41, 5.74) is 0. The number of hydrogen-bond donors (Lipinski definition) is 2. The molecule has 106 valence electrons. The van der Waals surface area contributed by atoms with Crippen LogP contribution in [0.3, 0.4) is 0 Å². The van der Waals surface area contributed by atoms with Crippen LogP contribution in [-0.4, -0.2) is 44.0 Å². The molecule has 9 heteroatoms. The van der Waals surface area contributed by atoms with Gasteiger partial charge >= 0.3 is 0 Å². The van der Waals surface area contributed by atoms with Crippen LogP contribution in [0.5, 0.6) is 0 Å². The summed E-state index contributed by atoms with van der Waals surface area (Å²) in [6.07, 6.45) is 3.08. The third kappa shape index (κ3) is 4.01. The van der Waals surface area contributed by atoms with Crippen LogP contribution in [0.25, 0.3) is 0 Å². The molecule has 1 aliphatic heterocycles. The minimum atomic E-state index is -3.69. The third-order valence-electron chi connectivity index (χ3n) is 3.03. The molecule has 0 spiro atoms. The molecule has 1 saturated heterocycles. The van der Waals surface area contributed by atoms with Gasteiger partial charge in [0.2, 0.25) is 5.76 Å². The van der Waals surface area contributed by atoms with Crippen molar-refractivity contribution in [1.82, 2.24) is 14.8 Å². The molecule has 1 unspecified atom stereocenters. The number of aromatic nitrogens is 1. The van der Waals surface area contributed by atoms with Crippen molar-refractivity contribution in [3.8, 4) is 0 Å². The van der Waals surface area contributed by atoms with Crippen molar-refractivity contribution in [1.29, 1.82) is 0 Å². The van der Waals surface area contributed by atoms with Crippen LogP contribution in [0.1, 0.15) is 23.4 Å². The van der Waals surface area contributed by atoms with Crippen molar-refractivity contribution in [3.05, 3.63) is 18.0 Å². The van der Waals surface area contributed by atoms with Crippen LogP contribution in [0, 0.1) is 5.92 Å². The first kappa shape index (κ1) is 14.0. The highest BCUT2D eigenvalue weighted by Gasteiger charge is 2.26. The van der Waals surface area contributed by atoms with Gasteiger partial charge in [-0.1, -0.05) is 5.16 Å². The largest absolute Gasteiger partial charge is 0.351 e.